The molecule has 0 spiro atoms. The lowest BCUT2D eigenvalue weighted by molar-refractivity contribution is -0.134. The van der Waals surface area contributed by atoms with Gasteiger partial charge in [-0.15, -0.1) is 11.3 Å². The van der Waals surface area contributed by atoms with E-state index in [-0.39, 0.29) is 11.8 Å². The molecule has 1 aliphatic rings. The Morgan fingerprint density at radius 2 is 1.89 bits per heavy atom. The number of benzene rings is 1. The Kier molecular flexibility index (Phi) is 7.09. The first-order chi connectivity index (χ1) is 13.1. The number of aromatic nitrogens is 1. The minimum atomic E-state index is -0.532. The van der Waals surface area contributed by atoms with Crippen molar-refractivity contribution in [3.8, 4) is 0 Å². The molecule has 27 heavy (non-hydrogen) atoms. The van der Waals surface area contributed by atoms with Crippen molar-refractivity contribution in [1.82, 2.24) is 14.8 Å². The number of thiol groups is 1. The van der Waals surface area contributed by atoms with Crippen LogP contribution in [0.2, 0.25) is 0 Å². The van der Waals surface area contributed by atoms with Gasteiger partial charge in [-0.05, 0) is 30.7 Å². The van der Waals surface area contributed by atoms with Gasteiger partial charge in [0.05, 0.1) is 10.2 Å². The van der Waals surface area contributed by atoms with Crippen molar-refractivity contribution >= 4 is 46.0 Å². The van der Waals surface area contributed by atoms with Crippen molar-refractivity contribution in [3.63, 3.8) is 0 Å². The fourth-order valence-corrected chi connectivity index (χ4v) is 4.75. The second-order valence-corrected chi connectivity index (χ2v) is 8.29. The maximum Gasteiger partial charge on any atom is 0.241 e. The zero-order valence-electron chi connectivity index (χ0n) is 15.3. The van der Waals surface area contributed by atoms with E-state index in [0.717, 1.165) is 40.2 Å². The van der Waals surface area contributed by atoms with Crippen LogP contribution in [0.15, 0.2) is 24.3 Å². The van der Waals surface area contributed by atoms with Gasteiger partial charge in [0.2, 0.25) is 11.8 Å². The van der Waals surface area contributed by atoms with Gasteiger partial charge in [0.1, 0.15) is 11.0 Å². The van der Waals surface area contributed by atoms with Crippen LogP contribution in [-0.2, 0) is 9.59 Å². The molecule has 3 rings (SSSR count). The minimum Gasteiger partial charge on any atom is -0.368 e. The highest BCUT2D eigenvalue weighted by Crippen LogP contribution is 2.30. The van der Waals surface area contributed by atoms with Crippen molar-refractivity contribution in [2.75, 3.05) is 31.9 Å². The molecule has 0 aliphatic carbocycles. The van der Waals surface area contributed by atoms with Crippen molar-refractivity contribution in [3.05, 3.63) is 29.3 Å². The van der Waals surface area contributed by atoms with Crippen molar-refractivity contribution in [2.45, 2.75) is 31.7 Å². The molecule has 8 heteroatoms. The minimum absolute atomic E-state index is 0.199. The summed E-state index contributed by atoms with van der Waals surface area (Å²) < 4.78 is 1.05. The first-order valence-electron chi connectivity index (χ1n) is 9.37. The van der Waals surface area contributed by atoms with E-state index in [1.807, 2.05) is 34.1 Å². The molecule has 1 aromatic heterocycles. The first kappa shape index (κ1) is 20.1. The summed E-state index contributed by atoms with van der Waals surface area (Å²) in [5, 5.41) is 0.732. The van der Waals surface area contributed by atoms with Gasteiger partial charge in [-0.3, -0.25) is 14.5 Å². The van der Waals surface area contributed by atoms with Crippen LogP contribution in [0.5, 0.6) is 0 Å². The van der Waals surface area contributed by atoms with Gasteiger partial charge in [0.25, 0.3) is 0 Å². The first-order valence-corrected chi connectivity index (χ1v) is 10.8. The number of hydrogen-bond donors (Lipinski definition) is 2. The summed E-state index contributed by atoms with van der Waals surface area (Å²) in [6.45, 7) is 2.51. The van der Waals surface area contributed by atoms with Gasteiger partial charge in [0.15, 0.2) is 0 Å². The second kappa shape index (κ2) is 9.52. The Bertz CT molecular complexity index is 754. The average Bonchev–Trinajstić information content (AvgIpc) is 3.09. The predicted octanol–water partition coefficient (Wildman–Crippen LogP) is 2.46. The molecule has 0 radical (unpaired) electrons. The third kappa shape index (κ3) is 5.00. The molecule has 0 bridgehead atoms. The zero-order chi connectivity index (χ0) is 19.2. The number of nitrogens with two attached hydrogens (primary N) is 1. The topological polar surface area (TPSA) is 79.5 Å². The van der Waals surface area contributed by atoms with Crippen molar-refractivity contribution in [2.24, 2.45) is 5.73 Å². The van der Waals surface area contributed by atoms with Gasteiger partial charge in [0, 0.05) is 32.6 Å². The Hall–Kier alpha value is -1.64. The van der Waals surface area contributed by atoms with E-state index in [0.29, 0.717) is 32.6 Å². The largest absolute Gasteiger partial charge is 0.368 e. The van der Waals surface area contributed by atoms with E-state index >= 15 is 0 Å². The number of nitrogens with zero attached hydrogens (tertiary/aromatic N) is 3. The maximum atomic E-state index is 12.3. The van der Waals surface area contributed by atoms with Gasteiger partial charge >= 0.3 is 0 Å². The van der Waals surface area contributed by atoms with E-state index in [9.17, 15) is 9.59 Å². The molecule has 1 unspecified atom stereocenters. The van der Waals surface area contributed by atoms with E-state index in [1.54, 1.807) is 0 Å². The van der Waals surface area contributed by atoms with Gasteiger partial charge < -0.3 is 10.6 Å². The van der Waals surface area contributed by atoms with Crippen LogP contribution in [0.1, 0.15) is 36.7 Å². The molecule has 146 valence electrons. The lowest BCUT2D eigenvalue weighted by Gasteiger charge is -2.37. The Morgan fingerprint density at radius 1 is 1.15 bits per heavy atom. The number of rotatable bonds is 8. The van der Waals surface area contributed by atoms with Crippen LogP contribution in [-0.4, -0.2) is 58.5 Å². The molecule has 2 heterocycles. The zero-order valence-corrected chi connectivity index (χ0v) is 17.1. The summed E-state index contributed by atoms with van der Waals surface area (Å²) in [6, 6.07) is 7.31. The van der Waals surface area contributed by atoms with Crippen LogP contribution in [0, 0.1) is 0 Å². The van der Waals surface area contributed by atoms with E-state index < -0.39 is 6.04 Å². The average molecular weight is 407 g/mol. The third-order valence-electron chi connectivity index (χ3n) is 4.89. The molecule has 2 N–H and O–H groups in total. The number of thiazole rings is 1. The highest BCUT2D eigenvalue weighted by Gasteiger charge is 2.32. The van der Waals surface area contributed by atoms with E-state index in [2.05, 4.69) is 17.6 Å². The number of amides is 2. The number of para-hydroxylation sites is 1. The number of primary amides is 1. The fourth-order valence-electron chi connectivity index (χ4n) is 3.42. The summed E-state index contributed by atoms with van der Waals surface area (Å²) in [5.41, 5.74) is 6.60. The van der Waals surface area contributed by atoms with E-state index in [4.69, 9.17) is 5.73 Å². The summed E-state index contributed by atoms with van der Waals surface area (Å²) in [7, 11) is 0. The van der Waals surface area contributed by atoms with Crippen molar-refractivity contribution in [1.29, 1.82) is 0 Å². The number of hydrogen-bond acceptors (Lipinski definition) is 6. The molecular weight excluding hydrogens is 380 g/mol. The molecule has 1 aliphatic heterocycles. The smallest absolute Gasteiger partial charge is 0.241 e. The molecular formula is C19H26N4O2S2. The lowest BCUT2D eigenvalue weighted by Crippen LogP contribution is -2.51. The summed E-state index contributed by atoms with van der Waals surface area (Å²) >= 11 is 5.71. The number of piperazine rings is 1. The summed E-state index contributed by atoms with van der Waals surface area (Å²) in [5.74, 6) is 0.678. The van der Waals surface area contributed by atoms with Crippen molar-refractivity contribution < 1.29 is 9.59 Å². The monoisotopic (exact) mass is 406 g/mol. The van der Waals surface area contributed by atoms with E-state index in [1.165, 1.54) is 11.3 Å². The molecule has 1 saturated heterocycles. The van der Waals surface area contributed by atoms with Crippen LogP contribution >= 0.6 is 24.0 Å². The predicted molar refractivity (Wildman–Crippen MR) is 112 cm³/mol. The Balaban J connectivity index is 1.60. The van der Waals surface area contributed by atoms with Gasteiger partial charge in [-0.2, -0.15) is 12.6 Å². The SMILES string of the molecule is NC(=O)C(c1nc2ccccc2s1)N1CCN(C(=O)CCCCCS)CC1. The highest BCUT2D eigenvalue weighted by molar-refractivity contribution is 7.80. The number of carbonyl (C=O) groups excluding carboxylic acids is 2. The van der Waals surface area contributed by atoms with Crippen LogP contribution < -0.4 is 5.73 Å². The normalized spacial score (nSPS) is 16.6. The fraction of sp³-hybridized carbons (Fsp3) is 0.526. The number of carbonyl (C=O) groups is 2. The number of fused-ring (bicyclic) bond motifs is 1. The molecule has 1 aromatic carbocycles. The standard InChI is InChI=1S/C19H26N4O2S2/c20-18(25)17(19-21-14-6-3-4-7-15(14)27-19)23-11-9-22(10-12-23)16(24)8-2-1-5-13-26/h3-4,6-7,17,26H,1-2,5,8-13H2,(H2,20,25). The van der Waals surface area contributed by atoms with Gasteiger partial charge in [-0.25, -0.2) is 4.98 Å². The third-order valence-corrected chi connectivity index (χ3v) is 6.30. The lowest BCUT2D eigenvalue weighted by atomic mass is 10.1. The second-order valence-electron chi connectivity index (χ2n) is 6.78. The molecule has 2 amide bonds. The quantitative estimate of drug-likeness (QED) is 0.521. The molecule has 2 aromatic rings. The molecule has 1 atom stereocenters. The molecule has 6 nitrogen and oxygen atoms in total. The maximum absolute atomic E-state index is 12.3. The van der Waals surface area contributed by atoms with Gasteiger partial charge in [-0.1, -0.05) is 18.6 Å². The summed E-state index contributed by atoms with van der Waals surface area (Å²) in [4.78, 5) is 33.1. The van der Waals surface area contributed by atoms with Crippen LogP contribution in [0.4, 0.5) is 0 Å². The Labute approximate surface area is 169 Å². The molecule has 1 fully saturated rings. The Morgan fingerprint density at radius 3 is 2.56 bits per heavy atom. The van der Waals surface area contributed by atoms with Crippen LogP contribution in [0.25, 0.3) is 10.2 Å². The highest BCUT2D eigenvalue weighted by atomic mass is 32.1. The molecule has 0 saturated carbocycles. The van der Waals surface area contributed by atoms with Crippen LogP contribution in [0.3, 0.4) is 0 Å². The number of unbranched alkanes of at least 4 members (excludes halogenated alkanes) is 2. The summed E-state index contributed by atoms with van der Waals surface area (Å²) in [6.07, 6.45) is 3.59.